The van der Waals surface area contributed by atoms with Gasteiger partial charge in [0.2, 0.25) is 5.91 Å². The number of H-pyrrole nitrogens is 2. The predicted octanol–water partition coefficient (Wildman–Crippen LogP) is 4.59. The Kier molecular flexibility index (Phi) is 6.01. The quantitative estimate of drug-likeness (QED) is 0.392. The first-order chi connectivity index (χ1) is 16.1. The third-order valence-corrected chi connectivity index (χ3v) is 6.93. The second kappa shape index (κ2) is 9.24. The molecule has 3 heterocycles. The zero-order chi connectivity index (χ0) is 22.8. The summed E-state index contributed by atoms with van der Waals surface area (Å²) < 4.78 is 0. The van der Waals surface area contributed by atoms with Gasteiger partial charge >= 0.3 is 0 Å². The second-order valence-electron chi connectivity index (χ2n) is 9.03. The summed E-state index contributed by atoms with van der Waals surface area (Å²) in [6, 6.07) is 19.0. The number of nitrogens with one attached hydrogen (secondary N) is 3. The van der Waals surface area contributed by atoms with Crippen molar-refractivity contribution in [1.29, 1.82) is 0 Å². The van der Waals surface area contributed by atoms with E-state index in [0.717, 1.165) is 36.3 Å². The van der Waals surface area contributed by atoms with Gasteiger partial charge in [-0.3, -0.25) is 14.8 Å². The molecule has 0 bridgehead atoms. The topological polar surface area (TPSA) is 76.8 Å². The van der Waals surface area contributed by atoms with Crippen molar-refractivity contribution < 1.29 is 4.79 Å². The number of hydrogen-bond donors (Lipinski definition) is 3. The van der Waals surface area contributed by atoms with E-state index >= 15 is 0 Å². The standard InChI is InChI=1S/C27H31N5O/c1-18-27(19(2)31-30-18)25-13-8-14-32(25)17-26(33)29-15-22(20-9-4-3-5-10-20)23-16-28-24-12-7-6-11-21(23)24/h3-7,9-12,16,22,25,28H,8,13-15,17H2,1-2H3,(H,29,33)(H,30,31). The van der Waals surface area contributed by atoms with Crippen LogP contribution in [-0.2, 0) is 4.79 Å². The lowest BCUT2D eigenvalue weighted by Gasteiger charge is -2.25. The summed E-state index contributed by atoms with van der Waals surface area (Å²) in [6.45, 7) is 6.02. The minimum atomic E-state index is 0.0708. The highest BCUT2D eigenvalue weighted by Gasteiger charge is 2.31. The molecule has 2 atom stereocenters. The van der Waals surface area contributed by atoms with Gasteiger partial charge in [-0.2, -0.15) is 5.10 Å². The fourth-order valence-electron chi connectivity index (χ4n) is 5.32. The Morgan fingerprint density at radius 2 is 1.94 bits per heavy atom. The van der Waals surface area contributed by atoms with E-state index in [4.69, 9.17) is 0 Å². The molecule has 0 saturated carbocycles. The SMILES string of the molecule is Cc1n[nH]c(C)c1C1CCCN1CC(=O)NCC(c1ccccc1)c1c[nH]c2ccccc12. The normalized spacial score (nSPS) is 17.5. The summed E-state index contributed by atoms with van der Waals surface area (Å²) in [5.41, 5.74) is 6.92. The van der Waals surface area contributed by atoms with E-state index in [2.05, 4.69) is 81.0 Å². The Morgan fingerprint density at radius 1 is 1.15 bits per heavy atom. The van der Waals surface area contributed by atoms with Crippen LogP contribution in [0.1, 0.15) is 52.9 Å². The van der Waals surface area contributed by atoms with Gasteiger partial charge in [0, 0.05) is 46.9 Å². The average molecular weight is 442 g/mol. The number of carbonyl (C=O) groups excluding carboxylic acids is 1. The summed E-state index contributed by atoms with van der Waals surface area (Å²) >= 11 is 0. The zero-order valence-corrected chi connectivity index (χ0v) is 19.3. The molecule has 0 aliphatic carbocycles. The first kappa shape index (κ1) is 21.5. The Labute approximate surface area is 194 Å². The van der Waals surface area contributed by atoms with Crippen LogP contribution in [0.3, 0.4) is 0 Å². The summed E-state index contributed by atoms with van der Waals surface area (Å²) in [5, 5.41) is 11.9. The molecular weight excluding hydrogens is 410 g/mol. The summed E-state index contributed by atoms with van der Waals surface area (Å²) in [4.78, 5) is 18.8. The predicted molar refractivity (Wildman–Crippen MR) is 131 cm³/mol. The lowest BCUT2D eigenvalue weighted by Crippen LogP contribution is -2.38. The summed E-state index contributed by atoms with van der Waals surface area (Å²) in [6.07, 6.45) is 4.25. The van der Waals surface area contributed by atoms with Gasteiger partial charge < -0.3 is 10.3 Å². The van der Waals surface area contributed by atoms with Crippen molar-refractivity contribution in [3.63, 3.8) is 0 Å². The van der Waals surface area contributed by atoms with Crippen LogP contribution in [-0.4, -0.2) is 45.6 Å². The number of aromatic amines is 2. The summed E-state index contributed by atoms with van der Waals surface area (Å²) in [7, 11) is 0. The van der Waals surface area contributed by atoms with E-state index < -0.39 is 0 Å². The van der Waals surface area contributed by atoms with Crippen LogP contribution < -0.4 is 5.32 Å². The maximum Gasteiger partial charge on any atom is 0.234 e. The largest absolute Gasteiger partial charge is 0.361 e. The molecule has 4 aromatic rings. The molecule has 6 heteroatoms. The Morgan fingerprint density at radius 3 is 2.73 bits per heavy atom. The molecule has 1 aliphatic heterocycles. The fraction of sp³-hybridized carbons (Fsp3) is 0.333. The third-order valence-electron chi connectivity index (χ3n) is 6.93. The molecule has 2 unspecified atom stereocenters. The molecular formula is C27H31N5O. The molecule has 0 radical (unpaired) electrons. The number of para-hydroxylation sites is 1. The van der Waals surface area contributed by atoms with Crippen LogP contribution in [0.4, 0.5) is 0 Å². The number of likely N-dealkylation sites (tertiary alicyclic amines) is 1. The molecule has 2 aromatic carbocycles. The van der Waals surface area contributed by atoms with Crippen LogP contribution in [0.25, 0.3) is 10.9 Å². The van der Waals surface area contributed by atoms with Gasteiger partial charge in [0.25, 0.3) is 0 Å². The summed E-state index contributed by atoms with van der Waals surface area (Å²) in [5.74, 6) is 0.153. The van der Waals surface area contributed by atoms with Crippen LogP contribution in [0.15, 0.2) is 60.8 Å². The molecule has 1 amide bonds. The average Bonchev–Trinajstić information content (AvgIpc) is 3.54. The van der Waals surface area contributed by atoms with Crippen molar-refractivity contribution in [3.05, 3.63) is 88.9 Å². The second-order valence-corrected chi connectivity index (χ2v) is 9.03. The molecule has 0 spiro atoms. The highest BCUT2D eigenvalue weighted by molar-refractivity contribution is 5.84. The minimum absolute atomic E-state index is 0.0708. The number of aromatic nitrogens is 3. The smallest absolute Gasteiger partial charge is 0.234 e. The molecule has 6 nitrogen and oxygen atoms in total. The molecule has 1 aliphatic rings. The van der Waals surface area contributed by atoms with Gasteiger partial charge in [-0.05, 0) is 50.4 Å². The Bertz CT molecular complexity index is 1220. The zero-order valence-electron chi connectivity index (χ0n) is 19.3. The lowest BCUT2D eigenvalue weighted by molar-refractivity contribution is -0.122. The molecule has 2 aromatic heterocycles. The van der Waals surface area contributed by atoms with Crippen LogP contribution >= 0.6 is 0 Å². The number of amides is 1. The number of fused-ring (bicyclic) bond motifs is 1. The Hall–Kier alpha value is -3.38. The first-order valence-corrected chi connectivity index (χ1v) is 11.7. The van der Waals surface area contributed by atoms with E-state index in [9.17, 15) is 4.79 Å². The molecule has 1 fully saturated rings. The lowest BCUT2D eigenvalue weighted by atomic mass is 9.91. The number of benzene rings is 2. The number of hydrogen-bond acceptors (Lipinski definition) is 3. The molecule has 170 valence electrons. The first-order valence-electron chi connectivity index (χ1n) is 11.7. The van der Waals surface area contributed by atoms with Crippen LogP contribution in [0, 0.1) is 13.8 Å². The molecule has 3 N–H and O–H groups in total. The maximum atomic E-state index is 13.1. The van der Waals surface area contributed by atoms with Crippen molar-refractivity contribution in [2.75, 3.05) is 19.6 Å². The van der Waals surface area contributed by atoms with E-state index in [1.54, 1.807) is 0 Å². The van der Waals surface area contributed by atoms with E-state index in [1.165, 1.54) is 22.1 Å². The Balaban J connectivity index is 1.32. The van der Waals surface area contributed by atoms with Gasteiger partial charge in [-0.15, -0.1) is 0 Å². The van der Waals surface area contributed by atoms with Crippen molar-refractivity contribution in [2.24, 2.45) is 0 Å². The highest BCUT2D eigenvalue weighted by Crippen LogP contribution is 2.34. The maximum absolute atomic E-state index is 13.1. The number of aryl methyl sites for hydroxylation is 2. The van der Waals surface area contributed by atoms with E-state index in [1.807, 2.05) is 19.1 Å². The van der Waals surface area contributed by atoms with Crippen molar-refractivity contribution >= 4 is 16.8 Å². The fourth-order valence-corrected chi connectivity index (χ4v) is 5.32. The third kappa shape index (κ3) is 4.31. The minimum Gasteiger partial charge on any atom is -0.361 e. The number of carbonyl (C=O) groups is 1. The van der Waals surface area contributed by atoms with Crippen molar-refractivity contribution in [2.45, 2.75) is 38.6 Å². The van der Waals surface area contributed by atoms with Gasteiger partial charge in [0.1, 0.15) is 0 Å². The molecule has 1 saturated heterocycles. The van der Waals surface area contributed by atoms with Crippen LogP contribution in [0.5, 0.6) is 0 Å². The van der Waals surface area contributed by atoms with Gasteiger partial charge in [0.05, 0.1) is 12.2 Å². The molecule has 33 heavy (non-hydrogen) atoms. The van der Waals surface area contributed by atoms with Gasteiger partial charge in [-0.1, -0.05) is 48.5 Å². The monoisotopic (exact) mass is 441 g/mol. The van der Waals surface area contributed by atoms with Crippen molar-refractivity contribution in [3.8, 4) is 0 Å². The van der Waals surface area contributed by atoms with E-state index in [0.29, 0.717) is 13.1 Å². The van der Waals surface area contributed by atoms with Gasteiger partial charge in [0.15, 0.2) is 0 Å². The molecule has 5 rings (SSSR count). The van der Waals surface area contributed by atoms with Crippen LogP contribution in [0.2, 0.25) is 0 Å². The van der Waals surface area contributed by atoms with Crippen molar-refractivity contribution in [1.82, 2.24) is 25.4 Å². The highest BCUT2D eigenvalue weighted by atomic mass is 16.2. The number of nitrogens with zero attached hydrogens (tertiary/aromatic N) is 2. The number of rotatable bonds is 7. The van der Waals surface area contributed by atoms with Gasteiger partial charge in [-0.25, -0.2) is 0 Å². The van der Waals surface area contributed by atoms with E-state index in [-0.39, 0.29) is 17.9 Å².